The highest BCUT2D eigenvalue weighted by Gasteiger charge is 2.23. The first-order valence-corrected chi connectivity index (χ1v) is 9.47. The van der Waals surface area contributed by atoms with E-state index in [9.17, 15) is 13.6 Å². The van der Waals surface area contributed by atoms with Gasteiger partial charge in [0.2, 0.25) is 11.9 Å². The molecule has 0 bridgehead atoms. The Morgan fingerprint density at radius 1 is 1.29 bits per heavy atom. The number of nitrogens with zero attached hydrogens (tertiary/aromatic N) is 3. The molecule has 3 rings (SSSR count). The van der Waals surface area contributed by atoms with Gasteiger partial charge in [-0.25, -0.2) is 14.4 Å². The normalized spacial score (nSPS) is 14.0. The van der Waals surface area contributed by atoms with Gasteiger partial charge in [-0.05, 0) is 36.8 Å². The van der Waals surface area contributed by atoms with E-state index in [2.05, 4.69) is 15.3 Å². The quantitative estimate of drug-likeness (QED) is 0.789. The first-order chi connectivity index (χ1) is 13.1. The third-order valence-electron chi connectivity index (χ3n) is 4.61. The van der Waals surface area contributed by atoms with Crippen LogP contribution in [-0.2, 0) is 17.8 Å². The van der Waals surface area contributed by atoms with Gasteiger partial charge in [0.15, 0.2) is 11.6 Å². The number of amides is 1. The van der Waals surface area contributed by atoms with E-state index >= 15 is 0 Å². The second kappa shape index (κ2) is 7.81. The topological polar surface area (TPSA) is 58.1 Å². The number of anilines is 2. The molecular formula is C21H26F2N4O. The predicted molar refractivity (Wildman–Crippen MR) is 105 cm³/mol. The first-order valence-electron chi connectivity index (χ1n) is 9.47. The van der Waals surface area contributed by atoms with Crippen molar-refractivity contribution in [1.82, 2.24) is 9.97 Å². The molecule has 0 atom stereocenters. The third-order valence-corrected chi connectivity index (χ3v) is 4.61. The van der Waals surface area contributed by atoms with Crippen LogP contribution in [0.15, 0.2) is 18.3 Å². The Morgan fingerprint density at radius 3 is 2.71 bits per heavy atom. The number of pyridine rings is 2. The molecule has 2 aromatic heterocycles. The SMILES string of the molecule is Cc1cc(CN2CCCc3nc(NC(=O)CC(C)(C)C)c(F)cc32)cnc1F. The number of hydrogen-bond donors (Lipinski definition) is 1. The lowest BCUT2D eigenvalue weighted by Crippen LogP contribution is -2.30. The van der Waals surface area contributed by atoms with Crippen LogP contribution in [0.25, 0.3) is 0 Å². The molecule has 0 fully saturated rings. The van der Waals surface area contributed by atoms with Gasteiger partial charge >= 0.3 is 0 Å². The van der Waals surface area contributed by atoms with E-state index in [1.807, 2.05) is 25.7 Å². The molecule has 1 N–H and O–H groups in total. The molecule has 0 radical (unpaired) electrons. The summed E-state index contributed by atoms with van der Waals surface area (Å²) >= 11 is 0. The molecule has 1 aliphatic rings. The fourth-order valence-corrected chi connectivity index (χ4v) is 3.37. The van der Waals surface area contributed by atoms with Crippen molar-refractivity contribution < 1.29 is 13.6 Å². The lowest BCUT2D eigenvalue weighted by molar-refractivity contribution is -0.117. The summed E-state index contributed by atoms with van der Waals surface area (Å²) in [6.45, 7) is 8.77. The molecule has 0 aromatic carbocycles. The van der Waals surface area contributed by atoms with Gasteiger partial charge in [0.05, 0.1) is 11.4 Å². The monoisotopic (exact) mass is 388 g/mol. The fourth-order valence-electron chi connectivity index (χ4n) is 3.37. The zero-order chi connectivity index (χ0) is 20.5. The minimum Gasteiger partial charge on any atom is -0.366 e. The maximum Gasteiger partial charge on any atom is 0.226 e. The van der Waals surface area contributed by atoms with Crippen molar-refractivity contribution in [3.05, 3.63) is 46.9 Å². The largest absolute Gasteiger partial charge is 0.366 e. The number of carbonyl (C=O) groups is 1. The van der Waals surface area contributed by atoms with E-state index in [1.165, 1.54) is 12.3 Å². The van der Waals surface area contributed by atoms with Crippen LogP contribution in [0.4, 0.5) is 20.3 Å². The molecule has 0 saturated heterocycles. The van der Waals surface area contributed by atoms with Crippen LogP contribution in [-0.4, -0.2) is 22.4 Å². The number of hydrogen-bond acceptors (Lipinski definition) is 4. The van der Waals surface area contributed by atoms with Crippen molar-refractivity contribution in [2.45, 2.75) is 53.5 Å². The maximum atomic E-state index is 14.6. The van der Waals surface area contributed by atoms with E-state index in [-0.39, 0.29) is 23.6 Å². The van der Waals surface area contributed by atoms with Gasteiger partial charge in [-0.1, -0.05) is 20.8 Å². The van der Waals surface area contributed by atoms with Crippen LogP contribution < -0.4 is 10.2 Å². The van der Waals surface area contributed by atoms with Gasteiger partial charge < -0.3 is 10.2 Å². The lowest BCUT2D eigenvalue weighted by atomic mass is 9.92. The first kappa shape index (κ1) is 20.2. The summed E-state index contributed by atoms with van der Waals surface area (Å²) < 4.78 is 28.0. The summed E-state index contributed by atoms with van der Waals surface area (Å²) in [5.74, 6) is -1.30. The van der Waals surface area contributed by atoms with E-state index in [4.69, 9.17) is 0 Å². The second-order valence-electron chi connectivity index (χ2n) is 8.55. The van der Waals surface area contributed by atoms with Gasteiger partial charge in [-0.2, -0.15) is 4.39 Å². The highest BCUT2D eigenvalue weighted by molar-refractivity contribution is 5.90. The van der Waals surface area contributed by atoms with Gasteiger partial charge in [0.25, 0.3) is 0 Å². The molecule has 5 nitrogen and oxygen atoms in total. The number of fused-ring (bicyclic) bond motifs is 1. The number of halogens is 2. The molecule has 0 unspecified atom stereocenters. The van der Waals surface area contributed by atoms with Crippen molar-refractivity contribution in [3.63, 3.8) is 0 Å². The molecule has 0 saturated carbocycles. The number of rotatable bonds is 4. The zero-order valence-corrected chi connectivity index (χ0v) is 16.8. The molecule has 1 aliphatic heterocycles. The van der Waals surface area contributed by atoms with Crippen LogP contribution in [0, 0.1) is 24.1 Å². The number of nitrogens with one attached hydrogen (secondary N) is 1. The summed E-state index contributed by atoms with van der Waals surface area (Å²) in [4.78, 5) is 22.3. The highest BCUT2D eigenvalue weighted by atomic mass is 19.1. The van der Waals surface area contributed by atoms with Crippen molar-refractivity contribution in [1.29, 1.82) is 0 Å². The molecule has 7 heteroatoms. The third kappa shape index (κ3) is 4.82. The smallest absolute Gasteiger partial charge is 0.226 e. The summed E-state index contributed by atoms with van der Waals surface area (Å²) in [6, 6.07) is 3.18. The summed E-state index contributed by atoms with van der Waals surface area (Å²) in [6.07, 6.45) is 3.37. The van der Waals surface area contributed by atoms with Crippen LogP contribution in [0.3, 0.4) is 0 Å². The summed E-state index contributed by atoms with van der Waals surface area (Å²) in [7, 11) is 0. The minimum atomic E-state index is -0.554. The lowest BCUT2D eigenvalue weighted by Gasteiger charge is -2.31. The Labute approximate surface area is 164 Å². The molecule has 150 valence electrons. The van der Waals surface area contributed by atoms with Crippen LogP contribution in [0.1, 0.15) is 50.4 Å². The Morgan fingerprint density at radius 2 is 2.04 bits per heavy atom. The van der Waals surface area contributed by atoms with Crippen LogP contribution >= 0.6 is 0 Å². The van der Waals surface area contributed by atoms with E-state index < -0.39 is 11.8 Å². The number of aryl methyl sites for hydroxylation is 2. The Kier molecular flexibility index (Phi) is 5.63. The van der Waals surface area contributed by atoms with E-state index in [1.54, 1.807) is 13.0 Å². The predicted octanol–water partition coefficient (Wildman–Crippen LogP) is 4.39. The molecule has 2 aromatic rings. The van der Waals surface area contributed by atoms with Crippen LogP contribution in [0.5, 0.6) is 0 Å². The Bertz CT molecular complexity index is 893. The van der Waals surface area contributed by atoms with Gasteiger partial charge in [-0.3, -0.25) is 4.79 Å². The fraction of sp³-hybridized carbons (Fsp3) is 0.476. The number of aromatic nitrogens is 2. The molecule has 0 aliphatic carbocycles. The van der Waals surface area contributed by atoms with Crippen molar-refractivity contribution >= 4 is 17.4 Å². The van der Waals surface area contributed by atoms with Gasteiger partial charge in [-0.15, -0.1) is 0 Å². The molecule has 0 spiro atoms. The second-order valence-corrected chi connectivity index (χ2v) is 8.55. The molecule has 28 heavy (non-hydrogen) atoms. The molecular weight excluding hydrogens is 362 g/mol. The van der Waals surface area contributed by atoms with Crippen molar-refractivity contribution in [2.24, 2.45) is 5.41 Å². The molecule has 1 amide bonds. The minimum absolute atomic E-state index is 0.0193. The van der Waals surface area contributed by atoms with Crippen molar-refractivity contribution in [3.8, 4) is 0 Å². The standard InChI is InChI=1S/C21H26F2N4O/c1-13-8-14(11-24-19(13)23)12-27-7-5-6-16-17(27)9-15(22)20(25-16)26-18(28)10-21(2,3)4/h8-9,11H,5-7,10,12H2,1-4H3,(H,25,26,28). The average molecular weight is 388 g/mol. The van der Waals surface area contributed by atoms with Crippen molar-refractivity contribution in [2.75, 3.05) is 16.8 Å². The summed E-state index contributed by atoms with van der Waals surface area (Å²) in [5.41, 5.74) is 2.61. The van der Waals surface area contributed by atoms with E-state index in [0.717, 1.165) is 30.6 Å². The Hall–Kier alpha value is -2.57. The van der Waals surface area contributed by atoms with E-state index in [0.29, 0.717) is 17.8 Å². The zero-order valence-electron chi connectivity index (χ0n) is 16.8. The number of carbonyl (C=O) groups excluding carboxylic acids is 1. The Balaban J connectivity index is 1.81. The van der Waals surface area contributed by atoms with Gasteiger partial charge in [0, 0.05) is 37.3 Å². The van der Waals surface area contributed by atoms with Crippen LogP contribution in [0.2, 0.25) is 0 Å². The van der Waals surface area contributed by atoms with Gasteiger partial charge in [0.1, 0.15) is 0 Å². The average Bonchev–Trinajstić information content (AvgIpc) is 2.58. The summed E-state index contributed by atoms with van der Waals surface area (Å²) in [5, 5.41) is 2.60. The highest BCUT2D eigenvalue weighted by Crippen LogP contribution is 2.31. The molecule has 3 heterocycles. The maximum absolute atomic E-state index is 14.6.